The van der Waals surface area contributed by atoms with Crippen molar-refractivity contribution in [2.45, 2.75) is 23.6 Å². The number of phenols is 2. The first-order chi connectivity index (χ1) is 26.3. The van der Waals surface area contributed by atoms with E-state index in [2.05, 4.69) is 21.3 Å². The predicted octanol–water partition coefficient (Wildman–Crippen LogP) is 5.60. The van der Waals surface area contributed by atoms with E-state index >= 15 is 0 Å². The number of aryl methyl sites for hydroxylation is 2. The summed E-state index contributed by atoms with van der Waals surface area (Å²) >= 11 is 0. The Morgan fingerprint density at radius 1 is 0.446 bits per heavy atom. The summed E-state index contributed by atoms with van der Waals surface area (Å²) in [6.07, 6.45) is 0. The molecule has 6 rings (SSSR count). The molecule has 8 N–H and O–H groups in total. The topological polar surface area (TPSA) is 266 Å². The minimum absolute atomic E-state index is 0.0628. The van der Waals surface area contributed by atoms with Crippen LogP contribution in [0, 0.1) is 13.8 Å². The predicted molar refractivity (Wildman–Crippen MR) is 206 cm³/mol. The van der Waals surface area contributed by atoms with Crippen LogP contribution in [-0.4, -0.2) is 59.8 Å². The largest absolute Gasteiger partial charge is 0.508 e. The van der Waals surface area contributed by atoms with Crippen molar-refractivity contribution < 1.29 is 55.3 Å². The smallest absolute Gasteiger partial charge is 0.314 e. The van der Waals surface area contributed by atoms with E-state index in [1.165, 1.54) is 84.9 Å². The molecule has 0 fully saturated rings. The molecular weight excluding hydrogens is 769 g/mol. The van der Waals surface area contributed by atoms with Gasteiger partial charge in [0.05, 0.1) is 0 Å². The highest BCUT2D eigenvalue weighted by molar-refractivity contribution is 7.86. The molecule has 0 aliphatic rings. The van der Waals surface area contributed by atoms with Gasteiger partial charge >= 0.3 is 11.8 Å². The maximum absolute atomic E-state index is 13.2. The number of carbonyl (C=O) groups is 4. The molecule has 4 amide bonds. The van der Waals surface area contributed by atoms with E-state index in [1.54, 1.807) is 13.8 Å². The molecule has 0 aromatic heterocycles. The molecule has 0 aliphatic carbocycles. The van der Waals surface area contributed by atoms with Crippen LogP contribution in [0.2, 0.25) is 0 Å². The summed E-state index contributed by atoms with van der Waals surface area (Å²) in [7, 11) is -9.22. The number of aromatic hydroxyl groups is 2. The molecule has 16 nitrogen and oxygen atoms in total. The van der Waals surface area contributed by atoms with Gasteiger partial charge in [-0.05, 0) is 122 Å². The number of phenolic OH excluding ortho intramolecular Hbond substituents is 2. The van der Waals surface area contributed by atoms with Gasteiger partial charge in [0.25, 0.3) is 32.1 Å². The molecule has 286 valence electrons. The van der Waals surface area contributed by atoms with E-state index in [9.17, 15) is 55.3 Å². The summed E-state index contributed by atoms with van der Waals surface area (Å²) in [5, 5.41) is 30.6. The molecule has 56 heavy (non-hydrogen) atoms. The van der Waals surface area contributed by atoms with Crippen LogP contribution < -0.4 is 21.3 Å². The number of nitrogens with one attached hydrogen (secondary N) is 4. The third-order valence-corrected chi connectivity index (χ3v) is 10.5. The van der Waals surface area contributed by atoms with Gasteiger partial charge < -0.3 is 31.5 Å². The minimum Gasteiger partial charge on any atom is -0.508 e. The van der Waals surface area contributed by atoms with Crippen molar-refractivity contribution in [3.8, 4) is 11.5 Å². The van der Waals surface area contributed by atoms with Crippen LogP contribution in [-0.2, 0) is 29.8 Å². The van der Waals surface area contributed by atoms with Gasteiger partial charge in [0.15, 0.2) is 0 Å². The Balaban J connectivity index is 1.11. The molecule has 0 saturated carbocycles. The Kier molecular flexibility index (Phi) is 10.2. The lowest BCUT2D eigenvalue weighted by molar-refractivity contribution is -0.133. The van der Waals surface area contributed by atoms with Gasteiger partial charge in [-0.1, -0.05) is 0 Å². The molecule has 6 aromatic carbocycles. The normalized spacial score (nSPS) is 11.6. The molecule has 6 aromatic rings. The zero-order valence-electron chi connectivity index (χ0n) is 29.1. The van der Waals surface area contributed by atoms with Crippen LogP contribution in [0.5, 0.6) is 11.5 Å². The molecule has 0 aliphatic heterocycles. The molecule has 0 bridgehead atoms. The minimum atomic E-state index is -4.61. The van der Waals surface area contributed by atoms with Gasteiger partial charge in [0, 0.05) is 55.4 Å². The maximum atomic E-state index is 13.2. The number of carbonyl (C=O) groups excluding carboxylic acids is 4. The Labute approximate surface area is 318 Å². The van der Waals surface area contributed by atoms with E-state index < -0.39 is 53.7 Å². The molecule has 18 heteroatoms. The molecule has 0 unspecified atom stereocenters. The van der Waals surface area contributed by atoms with E-state index in [-0.39, 0.29) is 66.9 Å². The van der Waals surface area contributed by atoms with E-state index in [0.717, 1.165) is 12.1 Å². The van der Waals surface area contributed by atoms with Crippen molar-refractivity contribution in [1.82, 2.24) is 0 Å². The van der Waals surface area contributed by atoms with E-state index in [1.807, 2.05) is 0 Å². The number of amides is 4. The average molecular weight is 799 g/mol. The summed E-state index contributed by atoms with van der Waals surface area (Å²) in [6.45, 7) is 3.17. The van der Waals surface area contributed by atoms with Crippen molar-refractivity contribution in [3.63, 3.8) is 0 Å². The average Bonchev–Trinajstić information content (AvgIpc) is 3.12. The second kappa shape index (κ2) is 14.8. The zero-order valence-corrected chi connectivity index (χ0v) is 30.7. The van der Waals surface area contributed by atoms with Gasteiger partial charge in [-0.2, -0.15) is 16.8 Å². The van der Waals surface area contributed by atoms with Crippen molar-refractivity contribution in [3.05, 3.63) is 119 Å². The lowest BCUT2D eigenvalue weighted by Crippen LogP contribution is -2.29. The lowest BCUT2D eigenvalue weighted by atomic mass is 10.1. The number of fused-ring (bicyclic) bond motifs is 2. The highest BCUT2D eigenvalue weighted by Gasteiger charge is 2.21. The fraction of sp³-hybridized carbons (Fsp3) is 0.0526. The van der Waals surface area contributed by atoms with Gasteiger partial charge in [0.2, 0.25) is 0 Å². The Morgan fingerprint density at radius 3 is 1.14 bits per heavy atom. The Bertz CT molecular complexity index is 2700. The second-order valence-corrected chi connectivity index (χ2v) is 15.3. The van der Waals surface area contributed by atoms with Crippen LogP contribution in [0.25, 0.3) is 21.5 Å². The van der Waals surface area contributed by atoms with Crippen LogP contribution in [0.3, 0.4) is 0 Å². The molecule has 0 saturated heterocycles. The Morgan fingerprint density at radius 2 is 0.804 bits per heavy atom. The van der Waals surface area contributed by atoms with Gasteiger partial charge in [-0.15, -0.1) is 0 Å². The van der Waals surface area contributed by atoms with Crippen molar-refractivity contribution in [2.75, 3.05) is 21.3 Å². The summed E-state index contributed by atoms with van der Waals surface area (Å²) in [6, 6.07) is 20.7. The summed E-state index contributed by atoms with van der Waals surface area (Å²) in [5.41, 5.74) is 1.80. The fourth-order valence-electron chi connectivity index (χ4n) is 5.92. The highest BCUT2D eigenvalue weighted by Crippen LogP contribution is 2.34. The standard InChI is InChI=1S/C38H30N4O12S2/c1-19-15-21(35(45)41-31-11-13-33(55(49,50)51)25-7-5-23(43)17-27(25)31)3-9-29(19)39-37(47)38(48)40-30-10-4-22(16-20(30)2)36(46)42-32-12-14-34(56(52,53)54)26-8-6-24(44)18-28(26)32/h3-18,43-44H,1-2H3,(H,39,47)(H,40,48)(H,41,45)(H,42,46)(H,49,50,51)(H,52,53,54). The SMILES string of the molecule is Cc1cc(C(=O)Nc2ccc(S(=O)(=O)O)c3ccc(O)cc23)ccc1NC(=O)C(=O)Nc1ccc(C(=O)Nc2ccc(S(=O)(=O)O)c3ccc(O)cc23)cc1C. The molecule has 0 atom stereocenters. The summed E-state index contributed by atoms with van der Waals surface area (Å²) < 4.78 is 66.6. The van der Waals surface area contributed by atoms with Crippen molar-refractivity contribution in [2.24, 2.45) is 0 Å². The quantitative estimate of drug-likeness (QED) is 0.0691. The van der Waals surface area contributed by atoms with E-state index in [0.29, 0.717) is 11.1 Å². The monoisotopic (exact) mass is 798 g/mol. The van der Waals surface area contributed by atoms with Crippen LogP contribution in [0.1, 0.15) is 31.8 Å². The van der Waals surface area contributed by atoms with Crippen molar-refractivity contribution in [1.29, 1.82) is 0 Å². The number of hydrogen-bond donors (Lipinski definition) is 8. The van der Waals surface area contributed by atoms with Gasteiger partial charge in [0.1, 0.15) is 21.3 Å². The highest BCUT2D eigenvalue weighted by atomic mass is 32.2. The molecular formula is C38H30N4O12S2. The van der Waals surface area contributed by atoms with Crippen LogP contribution in [0.15, 0.2) is 107 Å². The lowest BCUT2D eigenvalue weighted by Gasteiger charge is -2.14. The van der Waals surface area contributed by atoms with Crippen LogP contribution >= 0.6 is 0 Å². The van der Waals surface area contributed by atoms with Gasteiger partial charge in [-0.25, -0.2) is 0 Å². The third-order valence-electron chi connectivity index (χ3n) is 8.65. The maximum Gasteiger partial charge on any atom is 0.314 e. The molecule has 0 heterocycles. The van der Waals surface area contributed by atoms with Crippen molar-refractivity contribution >= 4 is 88.2 Å². The second-order valence-electron chi connectivity index (χ2n) is 12.5. The Hall–Kier alpha value is -6.86. The number of benzene rings is 6. The van der Waals surface area contributed by atoms with Crippen LogP contribution in [0.4, 0.5) is 22.7 Å². The summed E-state index contributed by atoms with van der Waals surface area (Å²) in [4.78, 5) is 51.2. The number of rotatable bonds is 8. The summed E-state index contributed by atoms with van der Waals surface area (Å²) in [5.74, 6) is -3.75. The molecule has 0 spiro atoms. The number of anilines is 4. The third kappa shape index (κ3) is 8.12. The van der Waals surface area contributed by atoms with Gasteiger partial charge in [-0.3, -0.25) is 28.3 Å². The molecule has 0 radical (unpaired) electrons. The first-order valence-corrected chi connectivity index (χ1v) is 19.1. The number of hydrogen-bond acceptors (Lipinski definition) is 10. The fourth-order valence-corrected chi connectivity index (χ4v) is 7.31. The first kappa shape index (κ1) is 38.9. The van der Waals surface area contributed by atoms with E-state index in [4.69, 9.17) is 0 Å². The zero-order chi connectivity index (χ0) is 40.7. The first-order valence-electron chi connectivity index (χ1n) is 16.2.